The summed E-state index contributed by atoms with van der Waals surface area (Å²) in [6, 6.07) is 9.51. The predicted octanol–water partition coefficient (Wildman–Crippen LogP) is 2.54. The molecule has 2 heterocycles. The Morgan fingerprint density at radius 1 is 1.12 bits per heavy atom. The van der Waals surface area contributed by atoms with Crippen LogP contribution in [0.2, 0.25) is 10.2 Å². The number of nitrogens with one attached hydrogen (secondary N) is 1. The first kappa shape index (κ1) is 17.0. The highest BCUT2D eigenvalue weighted by Crippen LogP contribution is 2.16. The second-order valence-corrected chi connectivity index (χ2v) is 7.68. The summed E-state index contributed by atoms with van der Waals surface area (Å²) in [7, 11) is -3.71. The van der Waals surface area contributed by atoms with Gasteiger partial charge in [0.1, 0.15) is 5.15 Å². The van der Waals surface area contributed by atoms with Gasteiger partial charge in [0.15, 0.2) is 0 Å². The average molecular weight is 385 g/mol. The van der Waals surface area contributed by atoms with E-state index in [-0.39, 0.29) is 4.90 Å². The van der Waals surface area contributed by atoms with E-state index in [9.17, 15) is 8.42 Å². The van der Waals surface area contributed by atoms with Gasteiger partial charge in [-0.3, -0.25) is 4.99 Å². The van der Waals surface area contributed by atoms with Gasteiger partial charge >= 0.3 is 0 Å². The molecule has 1 aliphatic heterocycles. The molecule has 0 atom stereocenters. The van der Waals surface area contributed by atoms with Gasteiger partial charge in [-0.2, -0.15) is 0 Å². The Bertz CT molecular complexity index is 852. The number of guanidine groups is 1. The summed E-state index contributed by atoms with van der Waals surface area (Å²) < 4.78 is 27.4. The van der Waals surface area contributed by atoms with Crippen LogP contribution in [0.3, 0.4) is 0 Å². The van der Waals surface area contributed by atoms with Gasteiger partial charge in [-0.1, -0.05) is 29.3 Å². The van der Waals surface area contributed by atoms with Crippen molar-refractivity contribution in [1.29, 1.82) is 0 Å². The summed E-state index contributed by atoms with van der Waals surface area (Å²) in [6.45, 7) is 1.65. The van der Waals surface area contributed by atoms with Crippen molar-refractivity contribution in [2.45, 2.75) is 11.4 Å². The van der Waals surface area contributed by atoms with Crippen molar-refractivity contribution in [2.75, 3.05) is 13.1 Å². The highest BCUT2D eigenvalue weighted by Gasteiger charge is 2.23. The number of pyridine rings is 1. The van der Waals surface area contributed by atoms with E-state index in [0.29, 0.717) is 35.8 Å². The van der Waals surface area contributed by atoms with Crippen molar-refractivity contribution in [3.8, 4) is 0 Å². The standard InChI is InChI=1S/C15H14Cl2N4O2S/c16-12-2-4-13(5-3-12)24(22,23)20-15-18-7-8-21(15)10-11-1-6-14(17)19-9-11/h1-6,9H,7-8,10H2,(H,18,20). The van der Waals surface area contributed by atoms with Crippen LogP contribution in [0.25, 0.3) is 0 Å². The number of hydrogen-bond donors (Lipinski definition) is 1. The van der Waals surface area contributed by atoms with Gasteiger partial charge in [-0.05, 0) is 35.9 Å². The van der Waals surface area contributed by atoms with Crippen LogP contribution >= 0.6 is 23.2 Å². The van der Waals surface area contributed by atoms with Crippen LogP contribution in [0.15, 0.2) is 52.5 Å². The molecule has 126 valence electrons. The molecule has 0 saturated carbocycles. The number of aromatic nitrogens is 1. The molecule has 0 amide bonds. The molecule has 0 spiro atoms. The molecule has 24 heavy (non-hydrogen) atoms. The topological polar surface area (TPSA) is 74.7 Å². The second kappa shape index (κ2) is 6.96. The summed E-state index contributed by atoms with van der Waals surface area (Å²) in [5.41, 5.74) is 0.916. The molecule has 0 fully saturated rings. The van der Waals surface area contributed by atoms with E-state index in [1.807, 2.05) is 11.0 Å². The SMILES string of the molecule is O=S(=O)(NC1=NCCN1Cc1ccc(Cl)nc1)c1ccc(Cl)cc1. The first-order chi connectivity index (χ1) is 11.4. The van der Waals surface area contributed by atoms with E-state index < -0.39 is 10.0 Å². The van der Waals surface area contributed by atoms with Crippen LogP contribution in [0.5, 0.6) is 0 Å². The zero-order chi connectivity index (χ0) is 17.2. The lowest BCUT2D eigenvalue weighted by atomic mass is 10.3. The third-order valence-electron chi connectivity index (χ3n) is 3.44. The molecule has 0 radical (unpaired) electrons. The van der Waals surface area contributed by atoms with Gasteiger partial charge in [-0.15, -0.1) is 0 Å². The minimum atomic E-state index is -3.71. The van der Waals surface area contributed by atoms with E-state index in [1.165, 1.54) is 24.3 Å². The molecule has 6 nitrogen and oxygen atoms in total. The zero-order valence-corrected chi connectivity index (χ0v) is 14.8. The molecular weight excluding hydrogens is 371 g/mol. The minimum Gasteiger partial charge on any atom is -0.336 e. The molecule has 0 unspecified atom stereocenters. The first-order valence-electron chi connectivity index (χ1n) is 7.12. The Balaban J connectivity index is 1.73. The molecule has 0 aliphatic carbocycles. The van der Waals surface area contributed by atoms with Crippen LogP contribution in [0.1, 0.15) is 5.56 Å². The van der Waals surface area contributed by atoms with Gasteiger partial charge in [-0.25, -0.2) is 18.1 Å². The smallest absolute Gasteiger partial charge is 0.264 e. The van der Waals surface area contributed by atoms with Crippen LogP contribution in [0.4, 0.5) is 0 Å². The average Bonchev–Trinajstić information content (AvgIpc) is 2.96. The highest BCUT2D eigenvalue weighted by atomic mass is 35.5. The van der Waals surface area contributed by atoms with Crippen molar-refractivity contribution >= 4 is 39.2 Å². The molecule has 1 aromatic carbocycles. The Labute approximate surface area is 150 Å². The summed E-state index contributed by atoms with van der Waals surface area (Å²) in [5.74, 6) is 0.319. The van der Waals surface area contributed by atoms with Crippen LogP contribution in [-0.4, -0.2) is 37.4 Å². The van der Waals surface area contributed by atoms with Gasteiger partial charge in [0.2, 0.25) is 5.96 Å². The molecule has 1 aromatic heterocycles. The first-order valence-corrected chi connectivity index (χ1v) is 9.36. The largest absolute Gasteiger partial charge is 0.336 e. The molecule has 1 aliphatic rings. The molecule has 3 rings (SSSR count). The van der Waals surface area contributed by atoms with Crippen molar-refractivity contribution in [2.24, 2.45) is 4.99 Å². The van der Waals surface area contributed by atoms with E-state index in [0.717, 1.165) is 5.56 Å². The quantitative estimate of drug-likeness (QED) is 0.821. The van der Waals surface area contributed by atoms with Crippen LogP contribution < -0.4 is 4.72 Å². The number of hydrogen-bond acceptors (Lipinski definition) is 5. The van der Waals surface area contributed by atoms with E-state index in [4.69, 9.17) is 23.2 Å². The Morgan fingerprint density at radius 2 is 1.88 bits per heavy atom. The minimum absolute atomic E-state index is 0.134. The lowest BCUT2D eigenvalue weighted by Crippen LogP contribution is -2.41. The monoisotopic (exact) mass is 384 g/mol. The summed E-state index contributed by atoms with van der Waals surface area (Å²) in [5, 5.41) is 0.890. The lowest BCUT2D eigenvalue weighted by Gasteiger charge is -2.21. The molecule has 1 N–H and O–H groups in total. The van der Waals surface area contributed by atoms with Crippen molar-refractivity contribution in [1.82, 2.24) is 14.6 Å². The third kappa shape index (κ3) is 3.98. The fraction of sp³-hybridized carbons (Fsp3) is 0.200. The number of sulfonamides is 1. The Hall–Kier alpha value is -1.83. The molecule has 2 aromatic rings. The number of halogens is 2. The predicted molar refractivity (Wildman–Crippen MR) is 93.7 cm³/mol. The van der Waals surface area contributed by atoms with Crippen molar-refractivity contribution < 1.29 is 8.42 Å². The summed E-state index contributed by atoms with van der Waals surface area (Å²) >= 11 is 11.6. The van der Waals surface area contributed by atoms with Crippen LogP contribution in [-0.2, 0) is 16.6 Å². The summed E-state index contributed by atoms with van der Waals surface area (Å²) in [6.07, 6.45) is 1.66. The fourth-order valence-electron chi connectivity index (χ4n) is 2.25. The van der Waals surface area contributed by atoms with Gasteiger partial charge in [0.25, 0.3) is 10.0 Å². The van der Waals surface area contributed by atoms with Crippen LogP contribution in [0, 0.1) is 0 Å². The number of aliphatic imine (C=N–C) groups is 1. The van der Waals surface area contributed by atoms with Gasteiger partial charge < -0.3 is 4.90 Å². The summed E-state index contributed by atoms with van der Waals surface area (Å²) in [4.78, 5) is 10.2. The second-order valence-electron chi connectivity index (χ2n) is 5.18. The molecular formula is C15H14Cl2N4O2S. The highest BCUT2D eigenvalue weighted by molar-refractivity contribution is 7.90. The number of benzene rings is 1. The zero-order valence-electron chi connectivity index (χ0n) is 12.5. The Morgan fingerprint density at radius 3 is 2.54 bits per heavy atom. The fourth-order valence-corrected chi connectivity index (χ4v) is 3.53. The van der Waals surface area contributed by atoms with E-state index >= 15 is 0 Å². The molecule has 9 heteroatoms. The lowest BCUT2D eigenvalue weighted by molar-refractivity contribution is 0.442. The van der Waals surface area contributed by atoms with Crippen molar-refractivity contribution in [3.63, 3.8) is 0 Å². The maximum absolute atomic E-state index is 12.5. The number of rotatable bonds is 4. The van der Waals surface area contributed by atoms with E-state index in [2.05, 4.69) is 14.7 Å². The third-order valence-corrected chi connectivity index (χ3v) is 5.26. The maximum Gasteiger partial charge on any atom is 0.264 e. The molecule has 0 bridgehead atoms. The Kier molecular flexibility index (Phi) is 4.93. The van der Waals surface area contributed by atoms with Crippen molar-refractivity contribution in [3.05, 3.63) is 58.3 Å². The van der Waals surface area contributed by atoms with E-state index in [1.54, 1.807) is 12.3 Å². The molecule has 0 saturated heterocycles. The normalized spacial score (nSPS) is 14.6. The van der Waals surface area contributed by atoms with Gasteiger partial charge in [0, 0.05) is 24.3 Å². The van der Waals surface area contributed by atoms with Gasteiger partial charge in [0.05, 0.1) is 11.4 Å². The maximum atomic E-state index is 12.5. The number of nitrogens with zero attached hydrogens (tertiary/aromatic N) is 3.